The van der Waals surface area contributed by atoms with Crippen LogP contribution in [0.5, 0.6) is 0 Å². The molecular weight excluding hydrogens is 256 g/mol. The lowest BCUT2D eigenvalue weighted by atomic mass is 10.0. The first-order valence-corrected chi connectivity index (χ1v) is 8.02. The van der Waals surface area contributed by atoms with Crippen LogP contribution in [0, 0.1) is 13.8 Å². The van der Waals surface area contributed by atoms with Gasteiger partial charge in [-0.05, 0) is 45.7 Å². The summed E-state index contributed by atoms with van der Waals surface area (Å²) in [7, 11) is 0. The zero-order valence-corrected chi connectivity index (χ0v) is 13.0. The highest BCUT2D eigenvalue weighted by Gasteiger charge is 2.21. The second-order valence-corrected chi connectivity index (χ2v) is 6.88. The summed E-state index contributed by atoms with van der Waals surface area (Å²) in [5.41, 5.74) is 0.860. The van der Waals surface area contributed by atoms with Gasteiger partial charge >= 0.3 is 0 Å². The molecule has 0 bridgehead atoms. The highest BCUT2D eigenvalue weighted by atomic mass is 32.1. The Kier molecular flexibility index (Phi) is 4.99. The van der Waals surface area contributed by atoms with Crippen LogP contribution in [-0.2, 0) is 0 Å². The highest BCUT2D eigenvalue weighted by molar-refractivity contribution is 7.12. The predicted octanol–water partition coefficient (Wildman–Crippen LogP) is 2.97. The Morgan fingerprint density at radius 2 is 2.11 bits per heavy atom. The molecule has 4 heteroatoms. The number of aryl methyl sites for hydroxylation is 2. The summed E-state index contributed by atoms with van der Waals surface area (Å²) in [4.78, 5) is 17.1. The number of carbonyl (C=O) groups is 1. The molecule has 106 valence electrons. The number of carbonyl (C=O) groups excluding carboxylic acids is 1. The van der Waals surface area contributed by atoms with Crippen molar-refractivity contribution in [2.75, 3.05) is 19.6 Å². The Morgan fingerprint density at radius 3 is 2.63 bits per heavy atom. The van der Waals surface area contributed by atoms with Gasteiger partial charge in [0.1, 0.15) is 0 Å². The van der Waals surface area contributed by atoms with Crippen molar-refractivity contribution in [1.29, 1.82) is 0 Å². The zero-order valence-electron chi connectivity index (χ0n) is 12.2. The summed E-state index contributed by atoms with van der Waals surface area (Å²) in [5, 5.41) is 3.19. The van der Waals surface area contributed by atoms with Crippen LogP contribution in [-0.4, -0.2) is 36.5 Å². The van der Waals surface area contributed by atoms with Gasteiger partial charge in [0, 0.05) is 28.9 Å². The van der Waals surface area contributed by atoms with Gasteiger partial charge in [-0.3, -0.25) is 4.79 Å². The minimum atomic E-state index is 0.107. The summed E-state index contributed by atoms with van der Waals surface area (Å²) < 4.78 is 0. The molecule has 1 aromatic rings. The van der Waals surface area contributed by atoms with Crippen LogP contribution in [0.1, 0.15) is 46.3 Å². The summed E-state index contributed by atoms with van der Waals surface area (Å²) in [6.45, 7) is 9.70. The number of hydrogen-bond acceptors (Lipinski definition) is 3. The SMILES string of the molecule is CCCN1CCC(NC(=O)c2cc(C)sc2C)CC1. The molecule has 0 spiro atoms. The second kappa shape index (κ2) is 6.53. The number of nitrogens with one attached hydrogen (secondary N) is 1. The first-order valence-electron chi connectivity index (χ1n) is 7.20. The Balaban J connectivity index is 1.85. The Bertz CT molecular complexity index is 433. The summed E-state index contributed by atoms with van der Waals surface area (Å²) in [5.74, 6) is 0.107. The minimum Gasteiger partial charge on any atom is -0.349 e. The number of rotatable bonds is 4. The molecular formula is C15H24N2OS. The molecule has 0 atom stereocenters. The second-order valence-electron chi connectivity index (χ2n) is 5.42. The molecule has 1 amide bonds. The van der Waals surface area contributed by atoms with Gasteiger partial charge in [0.15, 0.2) is 0 Å². The van der Waals surface area contributed by atoms with E-state index in [1.165, 1.54) is 17.8 Å². The van der Waals surface area contributed by atoms with Crippen LogP contribution < -0.4 is 5.32 Å². The molecule has 1 aromatic heterocycles. The maximum atomic E-state index is 12.2. The Hall–Kier alpha value is -0.870. The van der Waals surface area contributed by atoms with Crippen molar-refractivity contribution in [3.05, 3.63) is 21.4 Å². The van der Waals surface area contributed by atoms with Gasteiger partial charge in [0.05, 0.1) is 5.56 Å². The lowest BCUT2D eigenvalue weighted by Crippen LogP contribution is -2.44. The summed E-state index contributed by atoms with van der Waals surface area (Å²) in [6.07, 6.45) is 3.37. The van der Waals surface area contributed by atoms with Crippen molar-refractivity contribution in [1.82, 2.24) is 10.2 Å². The van der Waals surface area contributed by atoms with Gasteiger partial charge < -0.3 is 10.2 Å². The van der Waals surface area contributed by atoms with Crippen molar-refractivity contribution in [3.8, 4) is 0 Å². The minimum absolute atomic E-state index is 0.107. The van der Waals surface area contributed by atoms with E-state index >= 15 is 0 Å². The maximum absolute atomic E-state index is 12.2. The van der Waals surface area contributed by atoms with E-state index < -0.39 is 0 Å². The summed E-state index contributed by atoms with van der Waals surface area (Å²) >= 11 is 1.70. The molecule has 2 rings (SSSR count). The monoisotopic (exact) mass is 280 g/mol. The smallest absolute Gasteiger partial charge is 0.252 e. The number of nitrogens with zero attached hydrogens (tertiary/aromatic N) is 1. The third kappa shape index (κ3) is 3.80. The van der Waals surface area contributed by atoms with E-state index in [9.17, 15) is 4.79 Å². The normalized spacial score (nSPS) is 17.6. The van der Waals surface area contributed by atoms with Gasteiger partial charge in [-0.1, -0.05) is 6.92 Å². The number of thiophene rings is 1. The molecule has 0 aromatic carbocycles. The number of hydrogen-bond donors (Lipinski definition) is 1. The van der Waals surface area contributed by atoms with E-state index in [4.69, 9.17) is 0 Å². The molecule has 2 heterocycles. The first-order chi connectivity index (χ1) is 9.10. The fourth-order valence-corrected chi connectivity index (χ4v) is 3.66. The van der Waals surface area contributed by atoms with Crippen LogP contribution in [0.4, 0.5) is 0 Å². The number of amides is 1. The van der Waals surface area contributed by atoms with Crippen LogP contribution in [0.25, 0.3) is 0 Å². The molecule has 3 nitrogen and oxygen atoms in total. The predicted molar refractivity (Wildman–Crippen MR) is 81.0 cm³/mol. The van der Waals surface area contributed by atoms with E-state index in [-0.39, 0.29) is 5.91 Å². The molecule has 1 saturated heterocycles. The lowest BCUT2D eigenvalue weighted by Gasteiger charge is -2.32. The quantitative estimate of drug-likeness (QED) is 0.919. The van der Waals surface area contributed by atoms with Crippen LogP contribution >= 0.6 is 11.3 Å². The van der Waals surface area contributed by atoms with Gasteiger partial charge in [0.25, 0.3) is 5.91 Å². The van der Waals surface area contributed by atoms with E-state index in [1.54, 1.807) is 11.3 Å². The van der Waals surface area contributed by atoms with Crippen LogP contribution in [0.15, 0.2) is 6.07 Å². The van der Waals surface area contributed by atoms with Crippen LogP contribution in [0.3, 0.4) is 0 Å². The Labute approximate surface area is 120 Å². The van der Waals surface area contributed by atoms with Crippen molar-refractivity contribution in [2.24, 2.45) is 0 Å². The summed E-state index contributed by atoms with van der Waals surface area (Å²) in [6, 6.07) is 2.35. The molecule has 0 radical (unpaired) electrons. The van der Waals surface area contributed by atoms with Crippen molar-refractivity contribution >= 4 is 17.2 Å². The van der Waals surface area contributed by atoms with E-state index in [0.717, 1.165) is 36.4 Å². The fraction of sp³-hybridized carbons (Fsp3) is 0.667. The third-order valence-electron chi connectivity index (χ3n) is 3.75. The largest absolute Gasteiger partial charge is 0.349 e. The lowest BCUT2D eigenvalue weighted by molar-refractivity contribution is 0.0911. The molecule has 19 heavy (non-hydrogen) atoms. The van der Waals surface area contributed by atoms with Gasteiger partial charge in [0.2, 0.25) is 0 Å². The molecule has 0 saturated carbocycles. The van der Waals surface area contributed by atoms with E-state index in [1.807, 2.05) is 13.0 Å². The molecule has 1 N–H and O–H groups in total. The average Bonchev–Trinajstić information content (AvgIpc) is 2.71. The standard InChI is InChI=1S/C15H24N2OS/c1-4-7-17-8-5-13(6-9-17)16-15(18)14-10-11(2)19-12(14)3/h10,13H,4-9H2,1-3H3,(H,16,18). The highest BCUT2D eigenvalue weighted by Crippen LogP contribution is 2.21. The van der Waals surface area contributed by atoms with Crippen molar-refractivity contribution in [2.45, 2.75) is 46.1 Å². The molecule has 0 aliphatic carbocycles. The zero-order chi connectivity index (χ0) is 13.8. The van der Waals surface area contributed by atoms with Crippen molar-refractivity contribution in [3.63, 3.8) is 0 Å². The molecule has 1 aliphatic rings. The van der Waals surface area contributed by atoms with E-state index in [0.29, 0.717) is 6.04 Å². The topological polar surface area (TPSA) is 32.3 Å². The first kappa shape index (κ1) is 14.5. The number of piperidine rings is 1. The molecule has 1 aliphatic heterocycles. The van der Waals surface area contributed by atoms with Crippen LogP contribution in [0.2, 0.25) is 0 Å². The van der Waals surface area contributed by atoms with Gasteiger partial charge in [-0.25, -0.2) is 0 Å². The molecule has 0 unspecified atom stereocenters. The fourth-order valence-electron chi connectivity index (χ4n) is 2.74. The van der Waals surface area contributed by atoms with E-state index in [2.05, 4.69) is 24.1 Å². The van der Waals surface area contributed by atoms with Gasteiger partial charge in [-0.15, -0.1) is 11.3 Å². The third-order valence-corrected chi connectivity index (χ3v) is 4.71. The maximum Gasteiger partial charge on any atom is 0.252 e. The average molecular weight is 280 g/mol. The van der Waals surface area contributed by atoms with Gasteiger partial charge in [-0.2, -0.15) is 0 Å². The number of likely N-dealkylation sites (tertiary alicyclic amines) is 1. The van der Waals surface area contributed by atoms with Crippen molar-refractivity contribution < 1.29 is 4.79 Å². The molecule has 1 fully saturated rings. The Morgan fingerprint density at radius 1 is 1.42 bits per heavy atom.